The summed E-state index contributed by atoms with van der Waals surface area (Å²) in [5, 5.41) is 14.3. The maximum Gasteiger partial charge on any atom is 0.315 e. The molecule has 0 saturated carbocycles. The largest absolute Gasteiger partial charge is 0.394 e. The first-order valence-corrected chi connectivity index (χ1v) is 6.36. The maximum atomic E-state index is 11.5. The highest BCUT2D eigenvalue weighted by Gasteiger charge is 2.06. The Morgan fingerprint density at radius 3 is 2.63 bits per heavy atom. The Balaban J connectivity index is 2.56. The smallest absolute Gasteiger partial charge is 0.315 e. The predicted molar refractivity (Wildman–Crippen MR) is 77.4 cm³/mol. The summed E-state index contributed by atoms with van der Waals surface area (Å²) >= 11 is 0. The van der Waals surface area contributed by atoms with E-state index in [1.54, 1.807) is 6.92 Å². The number of aryl methyl sites for hydroxylation is 1. The number of rotatable bonds is 5. The van der Waals surface area contributed by atoms with E-state index in [4.69, 9.17) is 5.11 Å². The number of carbonyl (C=O) groups is 1. The standard InChI is InChI=1S/C14H23N3O2/c1-10-7-13(17(3)4)6-5-12(10)8-15-14(19)16-11(2)9-18/h5-7,11,18H,8-9H2,1-4H3,(H2,15,16,19). The van der Waals surface area contributed by atoms with Gasteiger partial charge in [-0.2, -0.15) is 0 Å². The number of aliphatic hydroxyl groups excluding tert-OH is 1. The Hall–Kier alpha value is -1.75. The summed E-state index contributed by atoms with van der Waals surface area (Å²) < 4.78 is 0. The van der Waals surface area contributed by atoms with Crippen LogP contribution in [0.25, 0.3) is 0 Å². The molecule has 0 saturated heterocycles. The van der Waals surface area contributed by atoms with Gasteiger partial charge in [-0.1, -0.05) is 6.07 Å². The van der Waals surface area contributed by atoms with Crippen molar-refractivity contribution in [2.45, 2.75) is 26.4 Å². The number of nitrogens with one attached hydrogen (secondary N) is 2. The Morgan fingerprint density at radius 2 is 2.11 bits per heavy atom. The Morgan fingerprint density at radius 1 is 1.42 bits per heavy atom. The van der Waals surface area contributed by atoms with E-state index in [1.165, 1.54) is 0 Å². The predicted octanol–water partition coefficient (Wildman–Crippen LogP) is 1.24. The number of urea groups is 1. The van der Waals surface area contributed by atoms with Gasteiger partial charge in [0.15, 0.2) is 0 Å². The second-order valence-corrected chi connectivity index (χ2v) is 4.92. The number of hydrogen-bond donors (Lipinski definition) is 3. The van der Waals surface area contributed by atoms with E-state index in [-0.39, 0.29) is 18.7 Å². The number of benzene rings is 1. The number of nitrogens with zero attached hydrogens (tertiary/aromatic N) is 1. The third-order valence-electron chi connectivity index (χ3n) is 2.93. The summed E-state index contributed by atoms with van der Waals surface area (Å²) in [6, 6.07) is 5.62. The molecule has 1 atom stereocenters. The van der Waals surface area contributed by atoms with Crippen molar-refractivity contribution < 1.29 is 9.90 Å². The van der Waals surface area contributed by atoms with Crippen molar-refractivity contribution in [3.05, 3.63) is 29.3 Å². The quantitative estimate of drug-likeness (QED) is 0.750. The van der Waals surface area contributed by atoms with E-state index in [0.29, 0.717) is 6.54 Å². The summed E-state index contributed by atoms with van der Waals surface area (Å²) in [7, 11) is 3.99. The van der Waals surface area contributed by atoms with E-state index in [2.05, 4.69) is 16.7 Å². The molecule has 5 heteroatoms. The van der Waals surface area contributed by atoms with Crippen LogP contribution in [0.5, 0.6) is 0 Å². The molecule has 0 fully saturated rings. The van der Waals surface area contributed by atoms with Gasteiger partial charge in [-0.05, 0) is 37.1 Å². The molecule has 0 bridgehead atoms. The van der Waals surface area contributed by atoms with Crippen molar-refractivity contribution in [2.75, 3.05) is 25.6 Å². The lowest BCUT2D eigenvalue weighted by molar-refractivity contribution is 0.220. The van der Waals surface area contributed by atoms with Gasteiger partial charge in [0.05, 0.1) is 12.6 Å². The van der Waals surface area contributed by atoms with Crippen LogP contribution >= 0.6 is 0 Å². The average Bonchev–Trinajstić information content (AvgIpc) is 2.36. The maximum absolute atomic E-state index is 11.5. The number of amides is 2. The van der Waals surface area contributed by atoms with Gasteiger partial charge in [0.1, 0.15) is 0 Å². The van der Waals surface area contributed by atoms with Gasteiger partial charge < -0.3 is 20.6 Å². The summed E-state index contributed by atoms with van der Waals surface area (Å²) in [5.41, 5.74) is 3.36. The molecule has 1 unspecified atom stereocenters. The molecule has 0 radical (unpaired) electrons. The molecule has 5 nitrogen and oxygen atoms in total. The van der Waals surface area contributed by atoms with Gasteiger partial charge in [0.2, 0.25) is 0 Å². The number of carbonyl (C=O) groups excluding carboxylic acids is 1. The van der Waals surface area contributed by atoms with Crippen LogP contribution in [-0.4, -0.2) is 37.9 Å². The summed E-state index contributed by atoms with van der Waals surface area (Å²) in [4.78, 5) is 13.6. The zero-order valence-electron chi connectivity index (χ0n) is 12.0. The highest BCUT2D eigenvalue weighted by Crippen LogP contribution is 2.17. The molecule has 2 amide bonds. The Kier molecular flexibility index (Phi) is 5.63. The van der Waals surface area contributed by atoms with Crippen LogP contribution in [-0.2, 0) is 6.54 Å². The molecule has 3 N–H and O–H groups in total. The van der Waals surface area contributed by atoms with Crippen LogP contribution in [0.4, 0.5) is 10.5 Å². The van der Waals surface area contributed by atoms with E-state index < -0.39 is 0 Å². The number of hydrogen-bond acceptors (Lipinski definition) is 3. The van der Waals surface area contributed by atoms with Crippen molar-refractivity contribution >= 4 is 11.7 Å². The molecule has 0 heterocycles. The molecular formula is C14H23N3O2. The minimum atomic E-state index is -0.266. The van der Waals surface area contributed by atoms with Gasteiger partial charge in [-0.25, -0.2) is 4.79 Å². The minimum absolute atomic E-state index is 0.0655. The highest BCUT2D eigenvalue weighted by molar-refractivity contribution is 5.74. The third kappa shape index (κ3) is 4.79. The van der Waals surface area contributed by atoms with Crippen LogP contribution < -0.4 is 15.5 Å². The van der Waals surface area contributed by atoms with E-state index >= 15 is 0 Å². The normalized spacial score (nSPS) is 11.8. The van der Waals surface area contributed by atoms with Crippen molar-refractivity contribution in [2.24, 2.45) is 0 Å². The van der Waals surface area contributed by atoms with Crippen LogP contribution in [0.2, 0.25) is 0 Å². The molecule has 1 aromatic rings. The molecule has 0 aliphatic carbocycles. The topological polar surface area (TPSA) is 64.6 Å². The van der Waals surface area contributed by atoms with Crippen molar-refractivity contribution in [1.82, 2.24) is 10.6 Å². The fraction of sp³-hybridized carbons (Fsp3) is 0.500. The van der Waals surface area contributed by atoms with Gasteiger partial charge in [0.25, 0.3) is 0 Å². The molecule has 0 aromatic heterocycles. The first kappa shape index (κ1) is 15.3. The second-order valence-electron chi connectivity index (χ2n) is 4.92. The fourth-order valence-electron chi connectivity index (χ4n) is 1.65. The first-order valence-electron chi connectivity index (χ1n) is 6.36. The van der Waals surface area contributed by atoms with Gasteiger partial charge in [-0.15, -0.1) is 0 Å². The molecule has 0 aliphatic heterocycles. The SMILES string of the molecule is Cc1cc(N(C)C)ccc1CNC(=O)NC(C)CO. The monoisotopic (exact) mass is 265 g/mol. The van der Waals surface area contributed by atoms with E-state index in [1.807, 2.05) is 38.1 Å². The summed E-state index contributed by atoms with van der Waals surface area (Å²) in [5.74, 6) is 0. The Bertz CT molecular complexity index is 433. The Labute approximate surface area is 114 Å². The number of aliphatic hydroxyl groups is 1. The zero-order valence-corrected chi connectivity index (χ0v) is 12.0. The van der Waals surface area contributed by atoms with Crippen LogP contribution in [0.1, 0.15) is 18.1 Å². The molecule has 19 heavy (non-hydrogen) atoms. The number of anilines is 1. The zero-order chi connectivity index (χ0) is 14.4. The average molecular weight is 265 g/mol. The summed E-state index contributed by atoms with van der Waals surface area (Å²) in [6.07, 6.45) is 0. The lowest BCUT2D eigenvalue weighted by atomic mass is 10.1. The lowest BCUT2D eigenvalue weighted by Gasteiger charge is -2.16. The second kappa shape index (κ2) is 6.99. The van der Waals surface area contributed by atoms with Crippen molar-refractivity contribution in [3.8, 4) is 0 Å². The highest BCUT2D eigenvalue weighted by atomic mass is 16.3. The van der Waals surface area contributed by atoms with Crippen LogP contribution in [0.3, 0.4) is 0 Å². The van der Waals surface area contributed by atoms with Crippen molar-refractivity contribution in [3.63, 3.8) is 0 Å². The van der Waals surface area contributed by atoms with E-state index in [0.717, 1.165) is 16.8 Å². The van der Waals surface area contributed by atoms with Crippen LogP contribution in [0.15, 0.2) is 18.2 Å². The first-order chi connectivity index (χ1) is 8.93. The van der Waals surface area contributed by atoms with Gasteiger partial charge in [0, 0.05) is 26.3 Å². The lowest BCUT2D eigenvalue weighted by Crippen LogP contribution is -2.42. The molecule has 1 aromatic carbocycles. The van der Waals surface area contributed by atoms with Crippen LogP contribution in [0, 0.1) is 6.92 Å². The molecule has 1 rings (SSSR count). The summed E-state index contributed by atoms with van der Waals surface area (Å²) in [6.45, 7) is 4.18. The van der Waals surface area contributed by atoms with E-state index in [9.17, 15) is 4.79 Å². The molecular weight excluding hydrogens is 242 g/mol. The fourth-order valence-corrected chi connectivity index (χ4v) is 1.65. The van der Waals surface area contributed by atoms with Gasteiger partial charge >= 0.3 is 6.03 Å². The molecule has 106 valence electrons. The third-order valence-corrected chi connectivity index (χ3v) is 2.93. The molecule has 0 spiro atoms. The van der Waals surface area contributed by atoms with Crippen molar-refractivity contribution in [1.29, 1.82) is 0 Å². The molecule has 0 aliphatic rings. The van der Waals surface area contributed by atoms with Gasteiger partial charge in [-0.3, -0.25) is 0 Å². The minimum Gasteiger partial charge on any atom is -0.394 e.